The van der Waals surface area contributed by atoms with Crippen LogP contribution in [0.25, 0.3) is 0 Å². The molecule has 2 rings (SSSR count). The lowest BCUT2D eigenvalue weighted by molar-refractivity contribution is 0.453. The second kappa shape index (κ2) is 3.62. The van der Waals surface area contributed by atoms with Crippen molar-refractivity contribution in [1.82, 2.24) is 15.0 Å². The Hall–Kier alpha value is -1.63. The molecule has 0 aliphatic carbocycles. The van der Waals surface area contributed by atoms with Gasteiger partial charge in [0.1, 0.15) is 11.3 Å². The summed E-state index contributed by atoms with van der Waals surface area (Å²) in [5.41, 5.74) is 5.30. The number of nitrogens with zero attached hydrogens (tertiary/aromatic N) is 3. The number of nitrogen functional groups attached to an aromatic ring is 1. The number of halogens is 1. The van der Waals surface area contributed by atoms with E-state index in [-0.39, 0.29) is 11.0 Å². The summed E-state index contributed by atoms with van der Waals surface area (Å²) in [6, 6.07) is 0. The van der Waals surface area contributed by atoms with E-state index in [0.29, 0.717) is 5.22 Å². The first-order valence-electron chi connectivity index (χ1n) is 3.61. The summed E-state index contributed by atoms with van der Waals surface area (Å²) in [5, 5.41) is 0.405. The summed E-state index contributed by atoms with van der Waals surface area (Å²) >= 11 is 0.951. The van der Waals surface area contributed by atoms with E-state index in [1.54, 1.807) is 0 Å². The molecule has 72 valence electrons. The molecule has 0 atom stereocenters. The second-order valence-corrected chi connectivity index (χ2v) is 3.22. The maximum Gasteiger partial charge on any atom is 0.262 e. The molecule has 5 nitrogen and oxygen atoms in total. The van der Waals surface area contributed by atoms with Crippen LogP contribution < -0.4 is 5.73 Å². The molecule has 0 amide bonds. The average Bonchev–Trinajstić information content (AvgIpc) is 2.64. The second-order valence-electron chi connectivity index (χ2n) is 2.28. The van der Waals surface area contributed by atoms with Gasteiger partial charge in [0.15, 0.2) is 5.82 Å². The standard InChI is InChI=1S/C7H5FN4OS/c8-4-3-11-6(9)12-5(4)14-7-10-1-2-13-7/h1-3H,(H2,9,11,12). The van der Waals surface area contributed by atoms with Crippen LogP contribution in [-0.2, 0) is 0 Å². The molecular weight excluding hydrogens is 207 g/mol. The van der Waals surface area contributed by atoms with Gasteiger partial charge in [-0.05, 0) is 11.8 Å². The largest absolute Gasteiger partial charge is 0.440 e. The van der Waals surface area contributed by atoms with Gasteiger partial charge >= 0.3 is 0 Å². The first kappa shape index (κ1) is 8.95. The molecule has 2 N–H and O–H groups in total. The van der Waals surface area contributed by atoms with Crippen LogP contribution in [0.1, 0.15) is 0 Å². The van der Waals surface area contributed by atoms with Crippen LogP contribution in [0, 0.1) is 5.82 Å². The van der Waals surface area contributed by atoms with Gasteiger partial charge < -0.3 is 10.2 Å². The molecule has 0 unspecified atom stereocenters. The van der Waals surface area contributed by atoms with E-state index in [9.17, 15) is 4.39 Å². The molecule has 2 heterocycles. The van der Waals surface area contributed by atoms with Crippen LogP contribution in [0.5, 0.6) is 0 Å². The minimum Gasteiger partial charge on any atom is -0.440 e. The van der Waals surface area contributed by atoms with Gasteiger partial charge in [0.25, 0.3) is 5.22 Å². The van der Waals surface area contributed by atoms with Gasteiger partial charge in [-0.1, -0.05) is 0 Å². The van der Waals surface area contributed by atoms with Crippen molar-refractivity contribution in [2.75, 3.05) is 5.73 Å². The molecule has 2 aromatic rings. The van der Waals surface area contributed by atoms with Crippen molar-refractivity contribution in [3.05, 3.63) is 24.5 Å². The lowest BCUT2D eigenvalue weighted by atomic mass is 10.6. The van der Waals surface area contributed by atoms with Crippen molar-refractivity contribution in [3.8, 4) is 0 Å². The Morgan fingerprint density at radius 2 is 2.29 bits per heavy atom. The van der Waals surface area contributed by atoms with Crippen LogP contribution in [0.2, 0.25) is 0 Å². The fourth-order valence-corrected chi connectivity index (χ4v) is 1.45. The van der Waals surface area contributed by atoms with Crippen LogP contribution in [0.3, 0.4) is 0 Å². The minimum atomic E-state index is -0.553. The quantitative estimate of drug-likeness (QED) is 0.757. The molecule has 7 heteroatoms. The maximum absolute atomic E-state index is 13.1. The van der Waals surface area contributed by atoms with Crippen molar-refractivity contribution in [3.63, 3.8) is 0 Å². The highest BCUT2D eigenvalue weighted by Gasteiger charge is 2.09. The van der Waals surface area contributed by atoms with Gasteiger partial charge in [0.2, 0.25) is 5.95 Å². The molecule has 0 aromatic carbocycles. The number of aromatic nitrogens is 3. The monoisotopic (exact) mass is 212 g/mol. The van der Waals surface area contributed by atoms with Crippen LogP contribution >= 0.6 is 11.8 Å². The lowest BCUT2D eigenvalue weighted by Crippen LogP contribution is -1.97. The van der Waals surface area contributed by atoms with Crippen molar-refractivity contribution in [2.45, 2.75) is 10.2 Å². The van der Waals surface area contributed by atoms with Crippen LogP contribution in [-0.4, -0.2) is 15.0 Å². The number of anilines is 1. The lowest BCUT2D eigenvalue weighted by Gasteiger charge is -1.98. The molecule has 0 saturated carbocycles. The Kier molecular flexibility index (Phi) is 2.32. The Bertz CT molecular complexity index is 433. The minimum absolute atomic E-state index is 0.0143. The molecule has 0 spiro atoms. The van der Waals surface area contributed by atoms with Gasteiger partial charge in [-0.25, -0.2) is 19.3 Å². The molecular formula is C7H5FN4OS. The third kappa shape index (κ3) is 1.82. The first-order chi connectivity index (χ1) is 6.75. The molecule has 0 radical (unpaired) electrons. The molecule has 0 bridgehead atoms. The number of nitrogens with two attached hydrogens (primary N) is 1. The summed E-state index contributed by atoms with van der Waals surface area (Å²) < 4.78 is 18.0. The molecule has 14 heavy (non-hydrogen) atoms. The van der Waals surface area contributed by atoms with E-state index in [1.165, 1.54) is 12.5 Å². The summed E-state index contributed by atoms with van der Waals surface area (Å²) in [5.74, 6) is -0.539. The number of hydrogen-bond acceptors (Lipinski definition) is 6. The van der Waals surface area contributed by atoms with Crippen molar-refractivity contribution >= 4 is 17.7 Å². The Balaban J connectivity index is 2.28. The van der Waals surface area contributed by atoms with Crippen molar-refractivity contribution in [2.24, 2.45) is 0 Å². The normalized spacial score (nSPS) is 10.4. The Morgan fingerprint density at radius 3 is 3.00 bits per heavy atom. The zero-order chi connectivity index (χ0) is 9.97. The number of hydrogen-bond donors (Lipinski definition) is 1. The third-order valence-corrected chi connectivity index (χ3v) is 2.18. The molecule has 0 fully saturated rings. The summed E-state index contributed by atoms with van der Waals surface area (Å²) in [6.45, 7) is 0. The van der Waals surface area contributed by atoms with Gasteiger partial charge in [0, 0.05) is 0 Å². The summed E-state index contributed by atoms with van der Waals surface area (Å²) in [6.07, 6.45) is 3.86. The van der Waals surface area contributed by atoms with E-state index in [2.05, 4.69) is 15.0 Å². The molecule has 0 aliphatic heterocycles. The molecule has 0 saturated heterocycles. The van der Waals surface area contributed by atoms with Gasteiger partial charge in [-0.15, -0.1) is 0 Å². The maximum atomic E-state index is 13.1. The smallest absolute Gasteiger partial charge is 0.262 e. The van der Waals surface area contributed by atoms with E-state index in [1.807, 2.05) is 0 Å². The van der Waals surface area contributed by atoms with Crippen LogP contribution in [0.15, 0.2) is 33.3 Å². The summed E-state index contributed by atoms with van der Waals surface area (Å²) in [7, 11) is 0. The SMILES string of the molecule is Nc1ncc(F)c(Sc2ncco2)n1. The average molecular weight is 212 g/mol. The number of rotatable bonds is 2. The van der Waals surface area contributed by atoms with Gasteiger partial charge in [-0.2, -0.15) is 0 Å². The Morgan fingerprint density at radius 1 is 1.43 bits per heavy atom. The fourth-order valence-electron chi connectivity index (χ4n) is 0.779. The molecule has 2 aromatic heterocycles. The van der Waals surface area contributed by atoms with E-state index >= 15 is 0 Å². The fraction of sp³-hybridized carbons (Fsp3) is 0. The van der Waals surface area contributed by atoms with Crippen molar-refractivity contribution in [1.29, 1.82) is 0 Å². The highest BCUT2D eigenvalue weighted by molar-refractivity contribution is 7.99. The Labute approximate surface area is 82.6 Å². The predicted molar refractivity (Wildman–Crippen MR) is 47.0 cm³/mol. The summed E-state index contributed by atoms with van der Waals surface area (Å²) in [4.78, 5) is 11.0. The van der Waals surface area contributed by atoms with Crippen molar-refractivity contribution < 1.29 is 8.81 Å². The third-order valence-electron chi connectivity index (χ3n) is 1.32. The number of oxazole rings is 1. The van der Waals surface area contributed by atoms with Gasteiger partial charge in [0.05, 0.1) is 12.4 Å². The zero-order valence-corrected chi connectivity index (χ0v) is 7.66. The topological polar surface area (TPSA) is 77.8 Å². The van der Waals surface area contributed by atoms with Crippen LogP contribution in [0.4, 0.5) is 10.3 Å². The highest BCUT2D eigenvalue weighted by Crippen LogP contribution is 2.26. The van der Waals surface area contributed by atoms with E-state index in [4.69, 9.17) is 10.2 Å². The predicted octanol–water partition coefficient (Wildman–Crippen LogP) is 1.34. The highest BCUT2D eigenvalue weighted by atomic mass is 32.2. The van der Waals surface area contributed by atoms with E-state index in [0.717, 1.165) is 18.0 Å². The van der Waals surface area contributed by atoms with E-state index < -0.39 is 5.82 Å². The zero-order valence-electron chi connectivity index (χ0n) is 6.85. The first-order valence-corrected chi connectivity index (χ1v) is 4.43. The van der Waals surface area contributed by atoms with Gasteiger partial charge in [-0.3, -0.25) is 0 Å². The molecule has 0 aliphatic rings.